The molecule has 3 fully saturated rings. The molecule has 0 aromatic rings. The van der Waals surface area contributed by atoms with Gasteiger partial charge in [-0.1, -0.05) is 0 Å². The van der Waals surface area contributed by atoms with Gasteiger partial charge in [0.25, 0.3) is 0 Å². The van der Waals surface area contributed by atoms with Crippen molar-refractivity contribution in [1.29, 1.82) is 0 Å². The normalized spacial score (nSPS) is 40.8. The molecule has 0 aromatic carbocycles. The van der Waals surface area contributed by atoms with E-state index >= 15 is 0 Å². The number of aliphatic hydroxyl groups is 1. The predicted octanol–water partition coefficient (Wildman–Crippen LogP) is -1.45. The van der Waals surface area contributed by atoms with Gasteiger partial charge in [-0.05, 0) is 6.42 Å². The van der Waals surface area contributed by atoms with E-state index in [0.717, 1.165) is 45.8 Å². The van der Waals surface area contributed by atoms with Gasteiger partial charge in [0.1, 0.15) is 0 Å². The second kappa shape index (κ2) is 5.29. The molecule has 3 atom stereocenters. The zero-order chi connectivity index (χ0) is 13.5. The minimum absolute atomic E-state index is 0.0730. The summed E-state index contributed by atoms with van der Waals surface area (Å²) in [7, 11) is -3.05. The zero-order valence-corrected chi connectivity index (χ0v) is 11.9. The van der Waals surface area contributed by atoms with Crippen LogP contribution in [0.5, 0.6) is 0 Å². The number of sulfone groups is 1. The number of hydrogen-bond donors (Lipinski definition) is 1. The van der Waals surface area contributed by atoms with E-state index in [9.17, 15) is 13.5 Å². The number of ether oxygens (including phenoxy) is 1. The highest BCUT2D eigenvalue weighted by Gasteiger charge is 2.42. The van der Waals surface area contributed by atoms with Gasteiger partial charge >= 0.3 is 0 Å². The van der Waals surface area contributed by atoms with Crippen LogP contribution >= 0.6 is 0 Å². The van der Waals surface area contributed by atoms with Crippen molar-refractivity contribution in [1.82, 2.24) is 9.80 Å². The second-order valence-electron chi connectivity index (χ2n) is 5.80. The molecule has 0 amide bonds. The second-order valence-corrected chi connectivity index (χ2v) is 7.95. The van der Waals surface area contributed by atoms with Crippen LogP contribution < -0.4 is 0 Å². The minimum Gasteiger partial charge on any atom is -0.390 e. The summed E-state index contributed by atoms with van der Waals surface area (Å²) in [5.41, 5.74) is 0. The van der Waals surface area contributed by atoms with Crippen molar-refractivity contribution in [2.24, 2.45) is 0 Å². The Labute approximate surface area is 114 Å². The average Bonchev–Trinajstić information content (AvgIpc) is 2.95. The number of hydrogen-bond acceptors (Lipinski definition) is 6. The van der Waals surface area contributed by atoms with E-state index in [1.165, 1.54) is 0 Å². The fourth-order valence-corrected chi connectivity index (χ4v) is 5.30. The fraction of sp³-hybridized carbons (Fsp3) is 1.00. The largest absolute Gasteiger partial charge is 0.390 e. The van der Waals surface area contributed by atoms with Gasteiger partial charge in [0.05, 0.1) is 36.9 Å². The molecule has 0 spiro atoms. The molecule has 19 heavy (non-hydrogen) atoms. The summed E-state index contributed by atoms with van der Waals surface area (Å²) in [5, 5.41) is 9.93. The molecule has 3 aliphatic heterocycles. The van der Waals surface area contributed by atoms with Gasteiger partial charge in [-0.15, -0.1) is 0 Å². The summed E-state index contributed by atoms with van der Waals surface area (Å²) in [4.78, 5) is 4.59. The lowest BCUT2D eigenvalue weighted by Crippen LogP contribution is -2.47. The quantitative estimate of drug-likeness (QED) is 0.671. The minimum atomic E-state index is -3.05. The lowest BCUT2D eigenvalue weighted by molar-refractivity contribution is 0.0158. The highest BCUT2D eigenvalue weighted by atomic mass is 32.2. The Morgan fingerprint density at radius 2 is 1.79 bits per heavy atom. The monoisotopic (exact) mass is 290 g/mol. The molecule has 0 saturated carbocycles. The Morgan fingerprint density at radius 1 is 1.05 bits per heavy atom. The Morgan fingerprint density at radius 3 is 2.42 bits per heavy atom. The highest BCUT2D eigenvalue weighted by molar-refractivity contribution is 7.91. The molecule has 0 radical (unpaired) electrons. The molecule has 3 saturated heterocycles. The van der Waals surface area contributed by atoms with Crippen molar-refractivity contribution < 1.29 is 18.3 Å². The van der Waals surface area contributed by atoms with Gasteiger partial charge in [0.15, 0.2) is 9.84 Å². The van der Waals surface area contributed by atoms with Gasteiger partial charge in [0, 0.05) is 32.2 Å². The van der Waals surface area contributed by atoms with Gasteiger partial charge < -0.3 is 9.84 Å². The third-order valence-electron chi connectivity index (χ3n) is 4.52. The molecule has 3 unspecified atom stereocenters. The summed E-state index contributed by atoms with van der Waals surface area (Å²) in [6.07, 6.45) is 0.344. The predicted molar refractivity (Wildman–Crippen MR) is 70.8 cm³/mol. The third kappa shape index (κ3) is 2.95. The first-order chi connectivity index (χ1) is 9.05. The van der Waals surface area contributed by atoms with E-state index in [2.05, 4.69) is 9.80 Å². The van der Waals surface area contributed by atoms with E-state index in [1.54, 1.807) is 0 Å². The summed E-state index contributed by atoms with van der Waals surface area (Å²) in [6, 6.07) is 0.287. The molecule has 0 aromatic heterocycles. The molecule has 1 N–H and O–H groups in total. The first-order valence-corrected chi connectivity index (χ1v) is 8.82. The standard InChI is InChI=1S/C12H22N2O4S/c15-12-9-19(16,17)8-11(12)14-2-1-10(7-14)13-3-5-18-6-4-13/h10-12,15H,1-9H2. The lowest BCUT2D eigenvalue weighted by Gasteiger charge is -2.33. The molecule has 3 rings (SSSR count). The topological polar surface area (TPSA) is 70.1 Å². The van der Waals surface area contributed by atoms with Crippen molar-refractivity contribution in [3.63, 3.8) is 0 Å². The molecule has 110 valence electrons. The molecule has 3 heterocycles. The van der Waals surface area contributed by atoms with Crippen LogP contribution in [0.2, 0.25) is 0 Å². The molecule has 6 nitrogen and oxygen atoms in total. The van der Waals surface area contributed by atoms with E-state index < -0.39 is 15.9 Å². The average molecular weight is 290 g/mol. The Hall–Kier alpha value is -0.210. The smallest absolute Gasteiger partial charge is 0.154 e. The van der Waals surface area contributed by atoms with Crippen LogP contribution in [0.1, 0.15) is 6.42 Å². The van der Waals surface area contributed by atoms with Crippen LogP contribution in [0.4, 0.5) is 0 Å². The number of nitrogens with zero attached hydrogens (tertiary/aromatic N) is 2. The van der Waals surface area contributed by atoms with E-state index in [1.807, 2.05) is 0 Å². The van der Waals surface area contributed by atoms with Gasteiger partial charge in [-0.2, -0.15) is 0 Å². The third-order valence-corrected chi connectivity index (χ3v) is 6.22. The number of aliphatic hydroxyl groups excluding tert-OH is 1. The van der Waals surface area contributed by atoms with Crippen LogP contribution in [0.3, 0.4) is 0 Å². The van der Waals surface area contributed by atoms with Crippen LogP contribution in [-0.4, -0.2) is 92.4 Å². The molecule has 0 aliphatic carbocycles. The fourth-order valence-electron chi connectivity index (χ4n) is 3.47. The summed E-state index contributed by atoms with van der Waals surface area (Å²) in [5.74, 6) is 0.0420. The Bertz CT molecular complexity index is 421. The van der Waals surface area contributed by atoms with Gasteiger partial charge in [0.2, 0.25) is 0 Å². The van der Waals surface area contributed by atoms with E-state index in [4.69, 9.17) is 4.74 Å². The molecule has 0 bridgehead atoms. The van der Waals surface area contributed by atoms with Crippen molar-refractivity contribution >= 4 is 9.84 Å². The van der Waals surface area contributed by atoms with E-state index in [-0.39, 0.29) is 17.5 Å². The van der Waals surface area contributed by atoms with Crippen LogP contribution in [0, 0.1) is 0 Å². The first-order valence-electron chi connectivity index (χ1n) is 6.99. The van der Waals surface area contributed by atoms with Crippen molar-refractivity contribution in [2.75, 3.05) is 50.9 Å². The molecule has 3 aliphatic rings. The summed E-state index contributed by atoms with van der Waals surface area (Å²) in [6.45, 7) is 5.26. The summed E-state index contributed by atoms with van der Waals surface area (Å²) < 4.78 is 28.5. The van der Waals surface area contributed by atoms with Gasteiger partial charge in [-0.25, -0.2) is 8.42 Å². The van der Waals surface area contributed by atoms with Crippen LogP contribution in [0.25, 0.3) is 0 Å². The number of likely N-dealkylation sites (tertiary alicyclic amines) is 1. The Balaban J connectivity index is 1.59. The van der Waals surface area contributed by atoms with E-state index in [0.29, 0.717) is 6.04 Å². The maximum Gasteiger partial charge on any atom is 0.154 e. The number of rotatable bonds is 2. The molecule has 7 heteroatoms. The first kappa shape index (κ1) is 13.8. The number of morpholine rings is 1. The SMILES string of the molecule is O=S1(=O)CC(O)C(N2CCC(N3CCOCC3)C2)C1. The highest BCUT2D eigenvalue weighted by Crippen LogP contribution is 2.25. The Kier molecular flexibility index (Phi) is 3.83. The lowest BCUT2D eigenvalue weighted by atomic mass is 10.2. The van der Waals surface area contributed by atoms with Crippen molar-refractivity contribution in [3.05, 3.63) is 0 Å². The zero-order valence-electron chi connectivity index (χ0n) is 11.1. The molecular formula is C12H22N2O4S. The van der Waals surface area contributed by atoms with Crippen molar-refractivity contribution in [3.8, 4) is 0 Å². The van der Waals surface area contributed by atoms with Crippen LogP contribution in [0.15, 0.2) is 0 Å². The maximum absolute atomic E-state index is 11.6. The maximum atomic E-state index is 11.6. The molecular weight excluding hydrogens is 268 g/mol. The van der Waals surface area contributed by atoms with Crippen molar-refractivity contribution in [2.45, 2.75) is 24.6 Å². The summed E-state index contributed by atoms with van der Waals surface area (Å²) >= 11 is 0. The van der Waals surface area contributed by atoms with Crippen LogP contribution in [-0.2, 0) is 14.6 Å². The van der Waals surface area contributed by atoms with Gasteiger partial charge in [-0.3, -0.25) is 9.80 Å².